The maximum atomic E-state index is 13.0. The zero-order valence-electron chi connectivity index (χ0n) is 21.0. The highest BCUT2D eigenvalue weighted by molar-refractivity contribution is 5.78. The molecule has 34 heavy (non-hydrogen) atoms. The molecule has 4 fully saturated rings. The summed E-state index contributed by atoms with van der Waals surface area (Å²) in [7, 11) is 0. The van der Waals surface area contributed by atoms with Crippen LogP contribution in [-0.2, 0) is 9.59 Å². The van der Waals surface area contributed by atoms with Gasteiger partial charge in [-0.2, -0.15) is 0 Å². The molecule has 1 aliphatic carbocycles. The van der Waals surface area contributed by atoms with Gasteiger partial charge in [-0.05, 0) is 56.3 Å². The lowest BCUT2D eigenvalue weighted by Crippen LogP contribution is -2.45. The Morgan fingerprint density at radius 1 is 0.971 bits per heavy atom. The number of hydrogen-bond acceptors (Lipinski definition) is 6. The van der Waals surface area contributed by atoms with Crippen molar-refractivity contribution in [1.29, 1.82) is 0 Å². The van der Waals surface area contributed by atoms with Crippen molar-refractivity contribution in [2.75, 3.05) is 39.3 Å². The lowest BCUT2D eigenvalue weighted by molar-refractivity contribution is -0.134. The third-order valence-electron chi connectivity index (χ3n) is 8.75. The highest BCUT2D eigenvalue weighted by atomic mass is 16.4. The number of amides is 2. The zero-order chi connectivity index (χ0) is 23.7. The van der Waals surface area contributed by atoms with Gasteiger partial charge in [0.25, 0.3) is 0 Å². The van der Waals surface area contributed by atoms with E-state index in [1.807, 2.05) is 4.90 Å². The third-order valence-corrected chi connectivity index (χ3v) is 8.75. The monoisotopic (exact) mass is 471 g/mol. The van der Waals surface area contributed by atoms with Crippen LogP contribution in [-0.4, -0.2) is 76.0 Å². The highest BCUT2D eigenvalue weighted by Gasteiger charge is 2.49. The summed E-state index contributed by atoms with van der Waals surface area (Å²) in [4.78, 5) is 32.3. The van der Waals surface area contributed by atoms with Crippen LogP contribution >= 0.6 is 0 Å². The Morgan fingerprint density at radius 2 is 1.65 bits per heavy atom. The largest absolute Gasteiger partial charge is 0.423 e. The van der Waals surface area contributed by atoms with Gasteiger partial charge in [-0.25, -0.2) is 0 Å². The number of aromatic nitrogens is 2. The van der Waals surface area contributed by atoms with Crippen molar-refractivity contribution in [2.45, 2.75) is 90.0 Å². The minimum absolute atomic E-state index is 0.0210. The number of rotatable bonds is 6. The Bertz CT molecular complexity index is 864. The fourth-order valence-corrected chi connectivity index (χ4v) is 6.59. The standard InChI is InChI=1S/C26H41N5O3/c1-19(2)24-27-28-25(34-24)21-16-26(18-31(21)17-23(33)29-11-5-6-12-29)9-13-30(14-10-26)22(32)15-20-7-3-4-8-20/h19-21H,3-18H2,1-2H3. The molecule has 2 amide bonds. The van der Waals surface area contributed by atoms with Crippen molar-refractivity contribution in [3.63, 3.8) is 0 Å². The SMILES string of the molecule is CC(C)c1nnc(C2CC3(CCN(C(=O)CC4CCCC4)CC3)CN2CC(=O)N2CCCC2)o1. The minimum Gasteiger partial charge on any atom is -0.423 e. The van der Waals surface area contributed by atoms with E-state index in [4.69, 9.17) is 4.42 Å². The van der Waals surface area contributed by atoms with Gasteiger partial charge in [-0.3, -0.25) is 14.5 Å². The summed E-state index contributed by atoms with van der Waals surface area (Å²) in [6, 6.07) is -0.0210. The van der Waals surface area contributed by atoms with Gasteiger partial charge in [0, 0.05) is 45.1 Å². The van der Waals surface area contributed by atoms with Crippen LogP contribution in [0.1, 0.15) is 102 Å². The summed E-state index contributed by atoms with van der Waals surface area (Å²) >= 11 is 0. The van der Waals surface area contributed by atoms with Gasteiger partial charge in [-0.1, -0.05) is 26.7 Å². The van der Waals surface area contributed by atoms with E-state index in [0.717, 1.165) is 71.2 Å². The molecule has 0 bridgehead atoms. The average Bonchev–Trinajstić information content (AvgIpc) is 3.61. The van der Waals surface area contributed by atoms with Crippen molar-refractivity contribution in [3.8, 4) is 0 Å². The predicted molar refractivity (Wildman–Crippen MR) is 128 cm³/mol. The molecule has 1 atom stereocenters. The molecule has 1 unspecified atom stereocenters. The van der Waals surface area contributed by atoms with E-state index in [0.29, 0.717) is 30.2 Å². The number of nitrogens with zero attached hydrogens (tertiary/aromatic N) is 5. The van der Waals surface area contributed by atoms with Crippen LogP contribution in [0, 0.1) is 11.3 Å². The normalized spacial score (nSPS) is 25.8. The molecular weight excluding hydrogens is 430 g/mol. The molecule has 0 N–H and O–H groups in total. The molecule has 8 heteroatoms. The maximum absolute atomic E-state index is 13.0. The average molecular weight is 472 g/mol. The quantitative estimate of drug-likeness (QED) is 0.628. The summed E-state index contributed by atoms with van der Waals surface area (Å²) in [5.74, 6) is 2.65. The van der Waals surface area contributed by atoms with Crippen LogP contribution in [0.25, 0.3) is 0 Å². The van der Waals surface area contributed by atoms with Crippen molar-refractivity contribution in [3.05, 3.63) is 11.8 Å². The topological polar surface area (TPSA) is 82.8 Å². The first kappa shape index (κ1) is 23.8. The molecule has 188 valence electrons. The molecule has 0 radical (unpaired) electrons. The van der Waals surface area contributed by atoms with Crippen molar-refractivity contribution in [1.82, 2.24) is 24.9 Å². The van der Waals surface area contributed by atoms with E-state index < -0.39 is 0 Å². The minimum atomic E-state index is -0.0210. The number of carbonyl (C=O) groups excluding carboxylic acids is 2. The summed E-state index contributed by atoms with van der Waals surface area (Å²) in [6.07, 6.45) is 10.8. The van der Waals surface area contributed by atoms with Crippen LogP contribution in [0.2, 0.25) is 0 Å². The second-order valence-corrected chi connectivity index (χ2v) is 11.6. The number of carbonyl (C=O) groups is 2. The highest BCUT2D eigenvalue weighted by Crippen LogP contribution is 2.49. The van der Waals surface area contributed by atoms with Crippen LogP contribution in [0.5, 0.6) is 0 Å². The summed E-state index contributed by atoms with van der Waals surface area (Å²) in [5.41, 5.74) is 0.104. The number of likely N-dealkylation sites (tertiary alicyclic amines) is 3. The first-order chi connectivity index (χ1) is 16.4. The van der Waals surface area contributed by atoms with Gasteiger partial charge < -0.3 is 14.2 Å². The molecule has 0 aromatic carbocycles. The lowest BCUT2D eigenvalue weighted by Gasteiger charge is -2.39. The molecule has 3 saturated heterocycles. The first-order valence-corrected chi connectivity index (χ1v) is 13.6. The van der Waals surface area contributed by atoms with Crippen molar-refractivity contribution >= 4 is 11.8 Å². The second kappa shape index (κ2) is 9.96. The summed E-state index contributed by atoms with van der Waals surface area (Å²) in [5, 5.41) is 8.68. The van der Waals surface area contributed by atoms with Crippen LogP contribution in [0.15, 0.2) is 4.42 Å². The van der Waals surface area contributed by atoms with Crippen molar-refractivity contribution in [2.24, 2.45) is 11.3 Å². The Balaban J connectivity index is 1.26. The zero-order valence-corrected chi connectivity index (χ0v) is 21.0. The molecule has 8 nitrogen and oxygen atoms in total. The molecule has 5 rings (SSSR count). The van der Waals surface area contributed by atoms with Gasteiger partial charge in [-0.15, -0.1) is 10.2 Å². The molecule has 4 aliphatic rings. The van der Waals surface area contributed by atoms with Gasteiger partial charge >= 0.3 is 0 Å². The molecule has 1 aromatic rings. The summed E-state index contributed by atoms with van der Waals surface area (Å²) in [6.45, 7) is 8.79. The fraction of sp³-hybridized carbons (Fsp3) is 0.846. The molecular formula is C26H41N5O3. The van der Waals surface area contributed by atoms with Crippen LogP contribution < -0.4 is 0 Å². The van der Waals surface area contributed by atoms with E-state index in [1.165, 1.54) is 25.7 Å². The van der Waals surface area contributed by atoms with E-state index in [1.54, 1.807) is 0 Å². The van der Waals surface area contributed by atoms with E-state index in [2.05, 4.69) is 33.8 Å². The van der Waals surface area contributed by atoms with E-state index in [-0.39, 0.29) is 23.3 Å². The molecule has 1 spiro atoms. The summed E-state index contributed by atoms with van der Waals surface area (Å²) < 4.78 is 6.08. The first-order valence-electron chi connectivity index (χ1n) is 13.6. The smallest absolute Gasteiger partial charge is 0.236 e. The molecule has 4 heterocycles. The van der Waals surface area contributed by atoms with Crippen LogP contribution in [0.3, 0.4) is 0 Å². The third kappa shape index (κ3) is 5.02. The van der Waals surface area contributed by atoms with Gasteiger partial charge in [0.15, 0.2) is 0 Å². The van der Waals surface area contributed by atoms with Gasteiger partial charge in [0.05, 0.1) is 12.6 Å². The number of piperidine rings is 1. The van der Waals surface area contributed by atoms with E-state index in [9.17, 15) is 9.59 Å². The fourth-order valence-electron chi connectivity index (χ4n) is 6.59. The maximum Gasteiger partial charge on any atom is 0.236 e. The molecule has 1 aromatic heterocycles. The predicted octanol–water partition coefficient (Wildman–Crippen LogP) is 3.75. The Morgan fingerprint density at radius 3 is 2.29 bits per heavy atom. The van der Waals surface area contributed by atoms with E-state index >= 15 is 0 Å². The van der Waals surface area contributed by atoms with Crippen molar-refractivity contribution < 1.29 is 14.0 Å². The lowest BCUT2D eigenvalue weighted by atomic mass is 9.76. The number of hydrogen-bond donors (Lipinski definition) is 0. The second-order valence-electron chi connectivity index (χ2n) is 11.6. The Hall–Kier alpha value is -1.96. The molecule has 3 aliphatic heterocycles. The van der Waals surface area contributed by atoms with Gasteiger partial charge in [0.1, 0.15) is 0 Å². The van der Waals surface area contributed by atoms with Gasteiger partial charge in [0.2, 0.25) is 23.6 Å². The van der Waals surface area contributed by atoms with Crippen LogP contribution in [0.4, 0.5) is 0 Å². The Labute approximate surface area is 203 Å². The Kier molecular flexibility index (Phi) is 6.96. The molecule has 1 saturated carbocycles.